The molecule has 0 unspecified atom stereocenters. The van der Waals surface area contributed by atoms with Gasteiger partial charge in [-0.2, -0.15) is 0 Å². The first kappa shape index (κ1) is 17.5. The molecule has 0 saturated carbocycles. The van der Waals surface area contributed by atoms with Crippen molar-refractivity contribution in [3.63, 3.8) is 0 Å². The van der Waals surface area contributed by atoms with Crippen LogP contribution in [-0.2, 0) is 14.6 Å². The van der Waals surface area contributed by atoms with Gasteiger partial charge in [-0.3, -0.25) is 5.41 Å². The van der Waals surface area contributed by atoms with Crippen molar-refractivity contribution < 1.29 is 13.2 Å². The summed E-state index contributed by atoms with van der Waals surface area (Å²) < 4.78 is 28.3. The highest BCUT2D eigenvalue weighted by molar-refractivity contribution is 7.91. The molecule has 0 bridgehead atoms. The van der Waals surface area contributed by atoms with E-state index in [1.807, 2.05) is 0 Å². The lowest BCUT2D eigenvalue weighted by Gasteiger charge is -2.06. The van der Waals surface area contributed by atoms with E-state index in [0.29, 0.717) is 5.02 Å². The fraction of sp³-hybridized carbons (Fsp3) is 0.300. The summed E-state index contributed by atoms with van der Waals surface area (Å²) in [4.78, 5) is 0.0933. The monoisotopic (exact) mass is 331 g/mol. The van der Waals surface area contributed by atoms with E-state index in [4.69, 9.17) is 28.6 Å². The first-order valence-electron chi connectivity index (χ1n) is 4.66. The topological polar surface area (TPSA) is 67.2 Å². The number of benzene rings is 1. The van der Waals surface area contributed by atoms with Crippen LogP contribution in [0.15, 0.2) is 23.1 Å². The molecule has 0 amide bonds. The van der Waals surface area contributed by atoms with Gasteiger partial charge in [0.25, 0.3) is 0 Å². The summed E-state index contributed by atoms with van der Waals surface area (Å²) in [7, 11) is -2.14. The minimum Gasteiger partial charge on any atom is -0.484 e. The summed E-state index contributed by atoms with van der Waals surface area (Å²) in [6, 6.07) is 4.12. The molecule has 0 spiro atoms. The van der Waals surface area contributed by atoms with Crippen LogP contribution < -0.4 is 0 Å². The maximum atomic E-state index is 11.9. The molecule has 8 heteroatoms. The predicted octanol–water partition coefficient (Wildman–Crippen LogP) is 3.20. The van der Waals surface area contributed by atoms with Crippen molar-refractivity contribution in [2.75, 3.05) is 12.9 Å². The van der Waals surface area contributed by atoms with Crippen molar-refractivity contribution in [3.8, 4) is 0 Å². The van der Waals surface area contributed by atoms with Crippen molar-refractivity contribution >= 4 is 51.3 Å². The fourth-order valence-corrected chi connectivity index (χ4v) is 2.74. The molecule has 0 aromatic heterocycles. The second-order valence-corrected chi connectivity index (χ2v) is 6.20. The van der Waals surface area contributed by atoms with Gasteiger partial charge in [0, 0.05) is 6.42 Å². The van der Waals surface area contributed by atoms with Gasteiger partial charge in [-0.15, -0.1) is 12.4 Å². The van der Waals surface area contributed by atoms with E-state index < -0.39 is 9.84 Å². The minimum atomic E-state index is -3.47. The van der Waals surface area contributed by atoms with Gasteiger partial charge in [0.1, 0.15) is 0 Å². The van der Waals surface area contributed by atoms with E-state index in [2.05, 4.69) is 4.74 Å². The van der Waals surface area contributed by atoms with Crippen LogP contribution in [0.2, 0.25) is 10.0 Å². The second kappa shape index (κ2) is 7.19. The van der Waals surface area contributed by atoms with E-state index >= 15 is 0 Å². The smallest absolute Gasteiger partial charge is 0.181 e. The third-order valence-corrected chi connectivity index (χ3v) is 4.55. The summed E-state index contributed by atoms with van der Waals surface area (Å²) in [5.41, 5.74) is 0. The quantitative estimate of drug-likeness (QED) is 0.680. The van der Waals surface area contributed by atoms with Gasteiger partial charge in [-0.05, 0) is 18.2 Å². The summed E-state index contributed by atoms with van der Waals surface area (Å²) in [6.45, 7) is 0. The van der Waals surface area contributed by atoms with Crippen LogP contribution in [0.3, 0.4) is 0 Å². The summed E-state index contributed by atoms with van der Waals surface area (Å²) >= 11 is 11.4. The van der Waals surface area contributed by atoms with Crippen molar-refractivity contribution in [1.29, 1.82) is 5.41 Å². The summed E-state index contributed by atoms with van der Waals surface area (Å²) in [6.07, 6.45) is 0.0269. The lowest BCUT2D eigenvalue weighted by Crippen LogP contribution is -2.12. The molecule has 102 valence electrons. The van der Waals surface area contributed by atoms with Gasteiger partial charge in [-0.25, -0.2) is 8.42 Å². The normalized spacial score (nSPS) is 10.6. The number of hydrogen-bond acceptors (Lipinski definition) is 4. The minimum absolute atomic E-state index is 0. The molecule has 0 saturated heterocycles. The lowest BCUT2D eigenvalue weighted by molar-refractivity contribution is 0.388. The maximum Gasteiger partial charge on any atom is 0.181 e. The van der Waals surface area contributed by atoms with Crippen LogP contribution in [-0.4, -0.2) is 27.2 Å². The Labute approximate surface area is 122 Å². The number of halogens is 3. The average Bonchev–Trinajstić information content (AvgIpc) is 2.29. The molecule has 0 atom stereocenters. The molecule has 18 heavy (non-hydrogen) atoms. The highest BCUT2D eigenvalue weighted by Gasteiger charge is 2.16. The standard InChI is InChI=1S/C10H11Cl2NO3S.ClH/c1-16-10(13)4-5-17(14,15)7-2-3-8(11)9(12)6-7;/h2-3,6,13H,4-5H2,1H3;1H. The lowest BCUT2D eigenvalue weighted by atomic mass is 10.4. The zero-order valence-electron chi connectivity index (χ0n) is 9.44. The predicted molar refractivity (Wildman–Crippen MR) is 75.1 cm³/mol. The van der Waals surface area contributed by atoms with Crippen LogP contribution in [0.25, 0.3) is 0 Å². The van der Waals surface area contributed by atoms with E-state index in [1.165, 1.54) is 25.3 Å². The molecule has 1 aromatic rings. The van der Waals surface area contributed by atoms with Gasteiger partial charge in [-0.1, -0.05) is 23.2 Å². The van der Waals surface area contributed by atoms with Gasteiger partial charge in [0.2, 0.25) is 0 Å². The third-order valence-electron chi connectivity index (χ3n) is 2.09. The molecule has 1 rings (SSSR count). The Morgan fingerprint density at radius 3 is 2.44 bits per heavy atom. The number of hydrogen-bond donors (Lipinski definition) is 1. The highest BCUT2D eigenvalue weighted by atomic mass is 35.5. The van der Waals surface area contributed by atoms with Crippen molar-refractivity contribution in [3.05, 3.63) is 28.2 Å². The Balaban J connectivity index is 0.00000289. The number of nitrogens with one attached hydrogen (secondary N) is 1. The molecular formula is C10H12Cl3NO3S. The van der Waals surface area contributed by atoms with Gasteiger partial charge in [0.15, 0.2) is 15.7 Å². The van der Waals surface area contributed by atoms with E-state index in [0.717, 1.165) is 0 Å². The molecule has 0 aliphatic heterocycles. The van der Waals surface area contributed by atoms with Crippen LogP contribution in [0.5, 0.6) is 0 Å². The molecule has 0 heterocycles. The Kier molecular flexibility index (Phi) is 6.99. The summed E-state index contributed by atoms with van der Waals surface area (Å²) in [5, 5.41) is 7.71. The number of sulfone groups is 1. The molecule has 0 radical (unpaired) electrons. The zero-order chi connectivity index (χ0) is 13.1. The van der Waals surface area contributed by atoms with Crippen molar-refractivity contribution in [2.24, 2.45) is 0 Å². The number of ether oxygens (including phenoxy) is 1. The molecule has 0 aliphatic carbocycles. The molecule has 1 aromatic carbocycles. The molecular weight excluding hydrogens is 321 g/mol. The molecule has 1 N–H and O–H groups in total. The average molecular weight is 333 g/mol. The Morgan fingerprint density at radius 2 is 1.94 bits per heavy atom. The number of methoxy groups -OCH3 is 1. The Morgan fingerprint density at radius 1 is 1.33 bits per heavy atom. The Hall–Kier alpha value is -0.490. The molecule has 0 aliphatic rings. The maximum absolute atomic E-state index is 11.9. The van der Waals surface area contributed by atoms with Gasteiger partial charge >= 0.3 is 0 Å². The molecule has 4 nitrogen and oxygen atoms in total. The summed E-state index contributed by atoms with van der Waals surface area (Å²) in [5.74, 6) is -0.272. The van der Waals surface area contributed by atoms with E-state index in [1.54, 1.807) is 0 Å². The fourth-order valence-electron chi connectivity index (χ4n) is 1.12. The SMILES string of the molecule is COC(=N)CCS(=O)(=O)c1ccc(Cl)c(Cl)c1.Cl. The first-order chi connectivity index (χ1) is 7.86. The third kappa shape index (κ3) is 4.65. The molecule has 0 fully saturated rings. The number of rotatable bonds is 4. The van der Waals surface area contributed by atoms with Crippen LogP contribution in [0, 0.1) is 5.41 Å². The Bertz CT molecular complexity index is 531. The van der Waals surface area contributed by atoms with Crippen LogP contribution in [0.4, 0.5) is 0 Å². The van der Waals surface area contributed by atoms with Crippen LogP contribution >= 0.6 is 35.6 Å². The first-order valence-corrected chi connectivity index (χ1v) is 7.07. The van der Waals surface area contributed by atoms with Crippen molar-refractivity contribution in [2.45, 2.75) is 11.3 Å². The highest BCUT2D eigenvalue weighted by Crippen LogP contribution is 2.25. The van der Waals surface area contributed by atoms with Gasteiger partial charge < -0.3 is 4.74 Å². The van der Waals surface area contributed by atoms with E-state index in [9.17, 15) is 8.42 Å². The largest absolute Gasteiger partial charge is 0.484 e. The van der Waals surface area contributed by atoms with Crippen LogP contribution in [0.1, 0.15) is 6.42 Å². The second-order valence-electron chi connectivity index (χ2n) is 3.27. The van der Waals surface area contributed by atoms with E-state index in [-0.39, 0.29) is 40.4 Å². The van der Waals surface area contributed by atoms with Crippen molar-refractivity contribution in [1.82, 2.24) is 0 Å². The zero-order valence-corrected chi connectivity index (χ0v) is 12.6. The van der Waals surface area contributed by atoms with Gasteiger partial charge in [0.05, 0.1) is 27.8 Å².